The van der Waals surface area contributed by atoms with Crippen molar-refractivity contribution >= 4 is 22.7 Å². The molecule has 0 spiro atoms. The van der Waals surface area contributed by atoms with E-state index in [2.05, 4.69) is 4.98 Å². The Kier molecular flexibility index (Phi) is 2.80. The third-order valence-electron chi connectivity index (χ3n) is 2.95. The summed E-state index contributed by atoms with van der Waals surface area (Å²) in [5.41, 5.74) is 3.75. The molecule has 0 aliphatic heterocycles. The SMILES string of the molecule is Cc1cccc2oc(C(Cl)c3ccccc3)nc12. The number of hydrogen-bond acceptors (Lipinski definition) is 2. The van der Waals surface area contributed by atoms with E-state index in [9.17, 15) is 0 Å². The highest BCUT2D eigenvalue weighted by atomic mass is 35.5. The summed E-state index contributed by atoms with van der Waals surface area (Å²) in [4.78, 5) is 4.49. The van der Waals surface area contributed by atoms with Gasteiger partial charge in [0.05, 0.1) is 0 Å². The molecule has 1 heterocycles. The summed E-state index contributed by atoms with van der Waals surface area (Å²) in [6.45, 7) is 2.01. The van der Waals surface area contributed by atoms with Gasteiger partial charge in [-0.2, -0.15) is 0 Å². The standard InChI is InChI=1S/C15H12ClNO/c1-10-6-5-9-12-14(10)17-15(18-12)13(16)11-7-3-2-4-8-11/h2-9,13H,1H3. The molecule has 1 aromatic heterocycles. The molecular formula is C15H12ClNO. The van der Waals surface area contributed by atoms with Gasteiger partial charge in [0.2, 0.25) is 5.89 Å². The smallest absolute Gasteiger partial charge is 0.218 e. The van der Waals surface area contributed by atoms with Gasteiger partial charge >= 0.3 is 0 Å². The fourth-order valence-corrected chi connectivity index (χ4v) is 2.22. The first kappa shape index (κ1) is 11.3. The van der Waals surface area contributed by atoms with E-state index in [0.29, 0.717) is 5.89 Å². The van der Waals surface area contributed by atoms with E-state index >= 15 is 0 Å². The van der Waals surface area contributed by atoms with Crippen LogP contribution < -0.4 is 0 Å². The van der Waals surface area contributed by atoms with Crippen LogP contribution in [0.4, 0.5) is 0 Å². The summed E-state index contributed by atoms with van der Waals surface area (Å²) in [5.74, 6) is 0.548. The van der Waals surface area contributed by atoms with Crippen LogP contribution in [0.3, 0.4) is 0 Å². The van der Waals surface area contributed by atoms with E-state index in [0.717, 1.165) is 22.2 Å². The van der Waals surface area contributed by atoms with Crippen LogP contribution in [0.25, 0.3) is 11.1 Å². The minimum absolute atomic E-state index is 0.349. The number of para-hydroxylation sites is 1. The lowest BCUT2D eigenvalue weighted by molar-refractivity contribution is 0.538. The molecule has 0 amide bonds. The van der Waals surface area contributed by atoms with Crippen molar-refractivity contribution in [2.45, 2.75) is 12.3 Å². The van der Waals surface area contributed by atoms with E-state index in [1.54, 1.807) is 0 Å². The van der Waals surface area contributed by atoms with Gasteiger partial charge in [-0.25, -0.2) is 4.98 Å². The van der Waals surface area contributed by atoms with Crippen LogP contribution in [0, 0.1) is 6.92 Å². The lowest BCUT2D eigenvalue weighted by Gasteiger charge is -2.04. The molecular weight excluding hydrogens is 246 g/mol. The van der Waals surface area contributed by atoms with Gasteiger partial charge in [0, 0.05) is 0 Å². The first-order chi connectivity index (χ1) is 8.75. The number of alkyl halides is 1. The monoisotopic (exact) mass is 257 g/mol. The molecule has 0 N–H and O–H groups in total. The highest BCUT2D eigenvalue weighted by molar-refractivity contribution is 6.22. The number of hydrogen-bond donors (Lipinski definition) is 0. The van der Waals surface area contributed by atoms with Gasteiger partial charge in [-0.15, -0.1) is 11.6 Å². The average Bonchev–Trinajstić information content (AvgIpc) is 2.84. The van der Waals surface area contributed by atoms with E-state index in [4.69, 9.17) is 16.0 Å². The van der Waals surface area contributed by atoms with Crippen molar-refractivity contribution in [3.8, 4) is 0 Å². The fraction of sp³-hybridized carbons (Fsp3) is 0.133. The molecule has 3 rings (SSSR count). The van der Waals surface area contributed by atoms with Gasteiger partial charge in [0.15, 0.2) is 5.58 Å². The Morgan fingerprint density at radius 1 is 1.06 bits per heavy atom. The van der Waals surface area contributed by atoms with Crippen LogP contribution in [0.5, 0.6) is 0 Å². The number of aryl methyl sites for hydroxylation is 1. The second kappa shape index (κ2) is 4.46. The lowest BCUT2D eigenvalue weighted by Crippen LogP contribution is -1.92. The molecule has 18 heavy (non-hydrogen) atoms. The third kappa shape index (κ3) is 1.89. The van der Waals surface area contributed by atoms with Gasteiger partial charge < -0.3 is 4.42 Å². The van der Waals surface area contributed by atoms with Crippen LogP contribution in [0.15, 0.2) is 52.9 Å². The maximum Gasteiger partial charge on any atom is 0.218 e. The molecule has 0 aliphatic carbocycles. The van der Waals surface area contributed by atoms with Crippen LogP contribution in [0.1, 0.15) is 22.4 Å². The van der Waals surface area contributed by atoms with Gasteiger partial charge in [-0.1, -0.05) is 42.5 Å². The molecule has 2 aromatic carbocycles. The molecule has 0 aliphatic rings. The Morgan fingerprint density at radius 3 is 2.56 bits per heavy atom. The molecule has 0 radical (unpaired) electrons. The van der Waals surface area contributed by atoms with E-state index in [1.165, 1.54) is 0 Å². The number of benzene rings is 2. The number of oxazole rings is 1. The molecule has 0 saturated heterocycles. The maximum absolute atomic E-state index is 6.40. The van der Waals surface area contributed by atoms with Gasteiger partial charge in [-0.3, -0.25) is 0 Å². The highest BCUT2D eigenvalue weighted by Crippen LogP contribution is 2.31. The quantitative estimate of drug-likeness (QED) is 0.634. The number of rotatable bonds is 2. The average molecular weight is 258 g/mol. The summed E-state index contributed by atoms with van der Waals surface area (Å²) in [6, 6.07) is 15.7. The topological polar surface area (TPSA) is 26.0 Å². The highest BCUT2D eigenvalue weighted by Gasteiger charge is 2.17. The minimum atomic E-state index is -0.349. The van der Waals surface area contributed by atoms with Crippen molar-refractivity contribution in [1.29, 1.82) is 0 Å². The van der Waals surface area contributed by atoms with Crippen molar-refractivity contribution < 1.29 is 4.42 Å². The minimum Gasteiger partial charge on any atom is -0.439 e. The number of fused-ring (bicyclic) bond motifs is 1. The zero-order valence-corrected chi connectivity index (χ0v) is 10.7. The third-order valence-corrected chi connectivity index (χ3v) is 3.38. The summed E-state index contributed by atoms with van der Waals surface area (Å²) in [6.07, 6.45) is 0. The van der Waals surface area contributed by atoms with Crippen LogP contribution in [-0.4, -0.2) is 4.98 Å². The summed E-state index contributed by atoms with van der Waals surface area (Å²) in [7, 11) is 0. The van der Waals surface area contributed by atoms with Crippen LogP contribution in [-0.2, 0) is 0 Å². The van der Waals surface area contributed by atoms with Gasteiger partial charge in [0.25, 0.3) is 0 Å². The van der Waals surface area contributed by atoms with E-state index in [1.807, 2.05) is 55.5 Å². The Bertz CT molecular complexity index is 675. The van der Waals surface area contributed by atoms with Crippen molar-refractivity contribution in [3.05, 3.63) is 65.5 Å². The maximum atomic E-state index is 6.40. The summed E-state index contributed by atoms with van der Waals surface area (Å²) < 4.78 is 5.72. The Hall–Kier alpha value is -1.80. The summed E-state index contributed by atoms with van der Waals surface area (Å²) >= 11 is 6.40. The van der Waals surface area contributed by atoms with Gasteiger partial charge in [0.1, 0.15) is 10.9 Å². The molecule has 90 valence electrons. The molecule has 2 nitrogen and oxygen atoms in total. The molecule has 0 fully saturated rings. The summed E-state index contributed by atoms with van der Waals surface area (Å²) in [5, 5.41) is -0.349. The van der Waals surface area contributed by atoms with E-state index in [-0.39, 0.29) is 5.38 Å². The van der Waals surface area contributed by atoms with Crippen molar-refractivity contribution in [2.75, 3.05) is 0 Å². The molecule has 0 saturated carbocycles. The zero-order valence-electron chi connectivity index (χ0n) is 9.93. The normalized spacial score (nSPS) is 12.8. The van der Waals surface area contributed by atoms with Crippen molar-refractivity contribution in [3.63, 3.8) is 0 Å². The number of aromatic nitrogens is 1. The molecule has 1 atom stereocenters. The second-order valence-corrected chi connectivity index (χ2v) is 4.68. The van der Waals surface area contributed by atoms with Crippen molar-refractivity contribution in [1.82, 2.24) is 4.98 Å². The first-order valence-electron chi connectivity index (χ1n) is 5.81. The Balaban J connectivity index is 2.07. The Morgan fingerprint density at radius 2 is 1.83 bits per heavy atom. The molecule has 3 aromatic rings. The molecule has 3 heteroatoms. The lowest BCUT2D eigenvalue weighted by atomic mass is 10.1. The van der Waals surface area contributed by atoms with Crippen LogP contribution >= 0.6 is 11.6 Å². The fourth-order valence-electron chi connectivity index (χ4n) is 1.98. The molecule has 1 unspecified atom stereocenters. The number of halogens is 1. The second-order valence-electron chi connectivity index (χ2n) is 4.25. The molecule has 0 bridgehead atoms. The number of nitrogens with zero attached hydrogens (tertiary/aromatic N) is 1. The largest absolute Gasteiger partial charge is 0.439 e. The van der Waals surface area contributed by atoms with E-state index < -0.39 is 0 Å². The predicted octanol–water partition coefficient (Wildman–Crippen LogP) is 4.46. The predicted molar refractivity (Wildman–Crippen MR) is 72.9 cm³/mol. The van der Waals surface area contributed by atoms with Crippen molar-refractivity contribution in [2.24, 2.45) is 0 Å². The van der Waals surface area contributed by atoms with Crippen LogP contribution in [0.2, 0.25) is 0 Å². The Labute approximate surface area is 110 Å². The van der Waals surface area contributed by atoms with Gasteiger partial charge in [-0.05, 0) is 24.1 Å². The first-order valence-corrected chi connectivity index (χ1v) is 6.24. The zero-order chi connectivity index (χ0) is 12.5.